The van der Waals surface area contributed by atoms with Crippen LogP contribution >= 0.6 is 0 Å². The van der Waals surface area contributed by atoms with Crippen molar-refractivity contribution < 1.29 is 9.15 Å². The highest BCUT2D eigenvalue weighted by Crippen LogP contribution is 2.08. The minimum Gasteiger partial charge on any atom is -0.454 e. The van der Waals surface area contributed by atoms with E-state index in [1.54, 1.807) is 6.26 Å². The highest BCUT2D eigenvalue weighted by molar-refractivity contribution is 4.99. The van der Waals surface area contributed by atoms with Gasteiger partial charge in [-0.25, -0.2) is 0 Å². The van der Waals surface area contributed by atoms with E-state index in [2.05, 4.69) is 24.1 Å². The van der Waals surface area contributed by atoms with Crippen LogP contribution in [-0.2, 0) is 6.54 Å². The lowest BCUT2D eigenvalue weighted by Gasteiger charge is -2.03. The zero-order chi connectivity index (χ0) is 8.97. The number of ether oxygens (including phenoxy) is 1. The molecule has 0 aliphatic rings. The Bertz CT molecular complexity index is 233. The number of nitrogens with one attached hydrogen (secondary N) is 1. The fraction of sp³-hybridized carbons (Fsp3) is 0.625. The molecule has 0 spiro atoms. The lowest BCUT2D eigenvalue weighted by Crippen LogP contribution is -2.21. The van der Waals surface area contributed by atoms with Crippen molar-refractivity contribution in [2.75, 3.05) is 7.11 Å². The van der Waals surface area contributed by atoms with E-state index in [0.717, 1.165) is 5.69 Å². The maximum absolute atomic E-state index is 4.97. The molecule has 1 aromatic heterocycles. The van der Waals surface area contributed by atoms with Crippen molar-refractivity contribution in [3.05, 3.63) is 12.0 Å². The van der Waals surface area contributed by atoms with E-state index in [0.29, 0.717) is 18.7 Å². The fourth-order valence-corrected chi connectivity index (χ4v) is 0.772. The Morgan fingerprint density at radius 1 is 1.67 bits per heavy atom. The molecule has 1 aromatic rings. The standard InChI is InChI=1S/C8H14N2O2/c1-6(2)9-4-7-5-12-8(10-7)11-3/h5-6,9H,4H2,1-3H3. The van der Waals surface area contributed by atoms with Gasteiger partial charge in [-0.05, 0) is 0 Å². The summed E-state index contributed by atoms with van der Waals surface area (Å²) in [4.78, 5) is 4.05. The molecule has 1 N–H and O–H groups in total. The van der Waals surface area contributed by atoms with Crippen molar-refractivity contribution in [3.63, 3.8) is 0 Å². The molecule has 0 aliphatic carbocycles. The van der Waals surface area contributed by atoms with Crippen LogP contribution in [0.1, 0.15) is 19.5 Å². The minimum absolute atomic E-state index is 0.315. The SMILES string of the molecule is COc1nc(CNC(C)C)co1. The summed E-state index contributed by atoms with van der Waals surface area (Å²) in [7, 11) is 1.53. The Morgan fingerprint density at radius 3 is 2.92 bits per heavy atom. The van der Waals surface area contributed by atoms with Crippen molar-refractivity contribution in [3.8, 4) is 6.08 Å². The molecule has 0 radical (unpaired) electrons. The number of methoxy groups -OCH3 is 1. The first-order chi connectivity index (χ1) is 5.72. The molecule has 0 saturated carbocycles. The fourth-order valence-electron chi connectivity index (χ4n) is 0.772. The third-order valence-electron chi connectivity index (χ3n) is 1.40. The Labute approximate surface area is 71.9 Å². The molecule has 0 saturated heterocycles. The lowest BCUT2D eigenvalue weighted by molar-refractivity contribution is 0.290. The Morgan fingerprint density at radius 2 is 2.42 bits per heavy atom. The van der Waals surface area contributed by atoms with Gasteiger partial charge in [-0.15, -0.1) is 0 Å². The molecule has 0 atom stereocenters. The summed E-state index contributed by atoms with van der Waals surface area (Å²) in [6.07, 6.45) is 1.91. The van der Waals surface area contributed by atoms with Crippen LogP contribution in [0, 0.1) is 0 Å². The zero-order valence-electron chi connectivity index (χ0n) is 7.63. The highest BCUT2D eigenvalue weighted by atomic mass is 16.6. The van der Waals surface area contributed by atoms with Gasteiger partial charge >= 0.3 is 6.08 Å². The molecule has 0 bridgehead atoms. The molecular weight excluding hydrogens is 156 g/mol. The van der Waals surface area contributed by atoms with Gasteiger partial charge in [0, 0.05) is 12.6 Å². The van der Waals surface area contributed by atoms with E-state index in [1.165, 1.54) is 7.11 Å². The van der Waals surface area contributed by atoms with Crippen LogP contribution in [-0.4, -0.2) is 18.1 Å². The number of rotatable bonds is 4. The zero-order valence-corrected chi connectivity index (χ0v) is 7.63. The summed E-state index contributed by atoms with van der Waals surface area (Å²) in [5, 5.41) is 3.22. The summed E-state index contributed by atoms with van der Waals surface area (Å²) >= 11 is 0. The van der Waals surface area contributed by atoms with Crippen molar-refractivity contribution in [1.82, 2.24) is 10.3 Å². The van der Waals surface area contributed by atoms with Crippen molar-refractivity contribution in [2.24, 2.45) is 0 Å². The van der Waals surface area contributed by atoms with E-state index >= 15 is 0 Å². The summed E-state index contributed by atoms with van der Waals surface area (Å²) in [6.45, 7) is 4.87. The molecule has 0 amide bonds. The van der Waals surface area contributed by atoms with Gasteiger partial charge in [0.25, 0.3) is 0 Å². The van der Waals surface area contributed by atoms with E-state index < -0.39 is 0 Å². The van der Waals surface area contributed by atoms with Crippen LogP contribution in [0.15, 0.2) is 10.7 Å². The van der Waals surface area contributed by atoms with E-state index in [9.17, 15) is 0 Å². The van der Waals surface area contributed by atoms with Gasteiger partial charge in [-0.1, -0.05) is 13.8 Å². The number of hydrogen-bond donors (Lipinski definition) is 1. The normalized spacial score (nSPS) is 10.7. The van der Waals surface area contributed by atoms with E-state index in [4.69, 9.17) is 9.15 Å². The molecule has 1 rings (SSSR count). The summed E-state index contributed by atoms with van der Waals surface area (Å²) in [5.74, 6) is 0. The van der Waals surface area contributed by atoms with E-state index in [1.807, 2.05) is 0 Å². The molecule has 0 fully saturated rings. The Hall–Kier alpha value is -1.03. The molecule has 0 aromatic carbocycles. The van der Waals surface area contributed by atoms with Gasteiger partial charge < -0.3 is 14.5 Å². The predicted molar refractivity (Wildman–Crippen MR) is 45.0 cm³/mol. The molecule has 12 heavy (non-hydrogen) atoms. The van der Waals surface area contributed by atoms with Gasteiger partial charge in [0.1, 0.15) is 6.26 Å². The second kappa shape index (κ2) is 4.11. The van der Waals surface area contributed by atoms with Crippen LogP contribution < -0.4 is 10.1 Å². The Kier molecular flexibility index (Phi) is 3.10. The number of aromatic nitrogens is 1. The van der Waals surface area contributed by atoms with Crippen LogP contribution in [0.5, 0.6) is 6.08 Å². The number of nitrogens with zero attached hydrogens (tertiary/aromatic N) is 1. The lowest BCUT2D eigenvalue weighted by atomic mass is 10.4. The third-order valence-corrected chi connectivity index (χ3v) is 1.40. The van der Waals surface area contributed by atoms with E-state index in [-0.39, 0.29) is 0 Å². The summed E-state index contributed by atoms with van der Waals surface area (Å²) in [5.41, 5.74) is 0.862. The minimum atomic E-state index is 0.315. The summed E-state index contributed by atoms with van der Waals surface area (Å²) in [6, 6.07) is 0.452. The maximum Gasteiger partial charge on any atom is 0.393 e. The molecular formula is C8H14N2O2. The van der Waals surface area contributed by atoms with Gasteiger partial charge in [0.2, 0.25) is 0 Å². The third kappa shape index (κ3) is 2.54. The smallest absolute Gasteiger partial charge is 0.393 e. The van der Waals surface area contributed by atoms with Crippen LogP contribution in [0.2, 0.25) is 0 Å². The number of oxazole rings is 1. The largest absolute Gasteiger partial charge is 0.454 e. The highest BCUT2D eigenvalue weighted by Gasteiger charge is 2.02. The van der Waals surface area contributed by atoms with Crippen LogP contribution in [0.25, 0.3) is 0 Å². The van der Waals surface area contributed by atoms with Crippen LogP contribution in [0.4, 0.5) is 0 Å². The predicted octanol–water partition coefficient (Wildman–Crippen LogP) is 1.18. The molecule has 4 heteroatoms. The summed E-state index contributed by atoms with van der Waals surface area (Å²) < 4.78 is 9.77. The van der Waals surface area contributed by atoms with Gasteiger partial charge in [-0.3, -0.25) is 0 Å². The van der Waals surface area contributed by atoms with Gasteiger partial charge in [0.05, 0.1) is 12.8 Å². The quantitative estimate of drug-likeness (QED) is 0.737. The monoisotopic (exact) mass is 170 g/mol. The topological polar surface area (TPSA) is 47.3 Å². The second-order valence-corrected chi connectivity index (χ2v) is 2.84. The van der Waals surface area contributed by atoms with Crippen LogP contribution in [0.3, 0.4) is 0 Å². The maximum atomic E-state index is 4.97. The number of hydrogen-bond acceptors (Lipinski definition) is 4. The van der Waals surface area contributed by atoms with Crippen molar-refractivity contribution in [2.45, 2.75) is 26.4 Å². The first-order valence-corrected chi connectivity index (χ1v) is 3.94. The first-order valence-electron chi connectivity index (χ1n) is 3.94. The van der Waals surface area contributed by atoms with Gasteiger partial charge in [0.15, 0.2) is 0 Å². The average Bonchev–Trinajstić information content (AvgIpc) is 2.48. The second-order valence-electron chi connectivity index (χ2n) is 2.84. The molecule has 68 valence electrons. The van der Waals surface area contributed by atoms with Crippen molar-refractivity contribution in [1.29, 1.82) is 0 Å². The van der Waals surface area contributed by atoms with Gasteiger partial charge in [-0.2, -0.15) is 4.98 Å². The Balaban J connectivity index is 2.41. The molecule has 1 heterocycles. The molecule has 0 unspecified atom stereocenters. The first kappa shape index (κ1) is 9.06. The molecule has 0 aliphatic heterocycles. The molecule has 4 nitrogen and oxygen atoms in total. The van der Waals surface area contributed by atoms with Crippen molar-refractivity contribution >= 4 is 0 Å². The average molecular weight is 170 g/mol.